The summed E-state index contributed by atoms with van der Waals surface area (Å²) in [7, 11) is 0. The normalized spacial score (nSPS) is 10.1. The Labute approximate surface area is 269 Å². The Balaban J connectivity index is 0.000000210. The first-order valence-electron chi connectivity index (χ1n) is 12.8. The molecular formula is C36H32As2Br2. The van der Waals surface area contributed by atoms with Crippen LogP contribution in [0.4, 0.5) is 0 Å². The summed E-state index contributed by atoms with van der Waals surface area (Å²) in [6.07, 6.45) is 0. The van der Waals surface area contributed by atoms with Gasteiger partial charge in [0.2, 0.25) is 0 Å². The van der Waals surface area contributed by atoms with Crippen molar-refractivity contribution < 1.29 is 0 Å². The molecule has 0 amide bonds. The van der Waals surface area contributed by atoms with Crippen LogP contribution in [0.5, 0.6) is 0 Å². The van der Waals surface area contributed by atoms with Crippen LogP contribution in [-0.2, 0) is 0 Å². The van der Waals surface area contributed by atoms with E-state index in [2.05, 4.69) is 182 Å². The van der Waals surface area contributed by atoms with E-state index in [9.17, 15) is 0 Å². The van der Waals surface area contributed by atoms with Crippen molar-refractivity contribution in [3.8, 4) is 0 Å². The third-order valence-corrected chi connectivity index (χ3v) is 16.3. The standard InChI is InChI=1S/2C18H15As.2BrH/c2*1-4-10-16(11-5-1)19(17-12-6-2-7-13-17)18-14-8-3-9-15-18;;/h2*1-15H;2*1H. The van der Waals surface area contributed by atoms with Gasteiger partial charge in [0.15, 0.2) is 0 Å². The zero-order chi connectivity index (χ0) is 25.8. The van der Waals surface area contributed by atoms with Gasteiger partial charge in [-0.2, -0.15) is 0 Å². The summed E-state index contributed by atoms with van der Waals surface area (Å²) < 4.78 is 8.87. The first-order chi connectivity index (χ1) is 18.9. The Kier molecular flexibility index (Phi) is 13.8. The molecule has 0 aromatic heterocycles. The van der Waals surface area contributed by atoms with Gasteiger partial charge in [0.25, 0.3) is 0 Å². The van der Waals surface area contributed by atoms with Crippen molar-refractivity contribution in [3.05, 3.63) is 182 Å². The summed E-state index contributed by atoms with van der Waals surface area (Å²) >= 11 is -2.78. The SMILES string of the molecule is Br.Br.c1ccc([As](c2ccccc2)c2ccccc2)cc1.c1ccc([As](c2ccccc2)c2ccccc2)cc1. The molecule has 0 saturated heterocycles. The average Bonchev–Trinajstić information content (AvgIpc) is 3.01. The molecule has 0 nitrogen and oxygen atoms in total. The predicted octanol–water partition coefficient (Wildman–Crippen LogP) is 5.56. The van der Waals surface area contributed by atoms with Crippen LogP contribution in [0, 0.1) is 0 Å². The van der Waals surface area contributed by atoms with Crippen molar-refractivity contribution in [2.24, 2.45) is 0 Å². The summed E-state index contributed by atoms with van der Waals surface area (Å²) in [6.45, 7) is 0. The molecule has 0 heterocycles. The number of benzene rings is 6. The molecule has 0 fully saturated rings. The third kappa shape index (κ3) is 8.70. The summed E-state index contributed by atoms with van der Waals surface area (Å²) in [4.78, 5) is 0. The van der Waals surface area contributed by atoms with Crippen LogP contribution in [-0.4, -0.2) is 29.3 Å². The molecule has 0 radical (unpaired) electrons. The van der Waals surface area contributed by atoms with E-state index in [1.807, 2.05) is 0 Å². The van der Waals surface area contributed by atoms with E-state index in [0.717, 1.165) is 0 Å². The Morgan fingerprint density at radius 2 is 0.325 bits per heavy atom. The second-order valence-corrected chi connectivity index (χ2v) is 18.0. The molecule has 0 aliphatic rings. The van der Waals surface area contributed by atoms with Crippen LogP contribution in [0.15, 0.2) is 182 Å². The van der Waals surface area contributed by atoms with Crippen molar-refractivity contribution in [2.75, 3.05) is 0 Å². The second-order valence-electron chi connectivity index (χ2n) is 8.68. The van der Waals surface area contributed by atoms with Crippen LogP contribution in [0.2, 0.25) is 0 Å². The van der Waals surface area contributed by atoms with E-state index in [4.69, 9.17) is 0 Å². The predicted molar refractivity (Wildman–Crippen MR) is 189 cm³/mol. The molecule has 0 N–H and O–H groups in total. The average molecular weight is 774 g/mol. The molecule has 4 heteroatoms. The first kappa shape index (κ1) is 31.9. The molecule has 40 heavy (non-hydrogen) atoms. The first-order valence-corrected chi connectivity index (χ1v) is 18.4. The summed E-state index contributed by atoms with van der Waals surface area (Å²) in [5.41, 5.74) is 0. The Morgan fingerprint density at radius 3 is 0.450 bits per heavy atom. The van der Waals surface area contributed by atoms with Crippen LogP contribution >= 0.6 is 34.0 Å². The van der Waals surface area contributed by atoms with Gasteiger partial charge in [-0.1, -0.05) is 0 Å². The molecule has 6 rings (SSSR count). The van der Waals surface area contributed by atoms with Crippen molar-refractivity contribution in [3.63, 3.8) is 0 Å². The number of halogens is 2. The topological polar surface area (TPSA) is 0 Å². The van der Waals surface area contributed by atoms with Gasteiger partial charge in [-0.05, 0) is 0 Å². The van der Waals surface area contributed by atoms with Gasteiger partial charge in [-0.3, -0.25) is 0 Å². The molecule has 0 spiro atoms. The van der Waals surface area contributed by atoms with Gasteiger partial charge in [0.1, 0.15) is 0 Å². The van der Waals surface area contributed by atoms with Gasteiger partial charge in [0, 0.05) is 0 Å². The van der Waals surface area contributed by atoms with Crippen LogP contribution < -0.4 is 26.1 Å². The minimum absolute atomic E-state index is 0. The van der Waals surface area contributed by atoms with Crippen LogP contribution in [0.3, 0.4) is 0 Å². The van der Waals surface area contributed by atoms with E-state index < -0.39 is 29.3 Å². The zero-order valence-electron chi connectivity index (χ0n) is 22.0. The van der Waals surface area contributed by atoms with Gasteiger partial charge >= 0.3 is 237 Å². The molecule has 200 valence electrons. The third-order valence-electron chi connectivity index (χ3n) is 6.09. The monoisotopic (exact) mass is 772 g/mol. The summed E-state index contributed by atoms with van der Waals surface area (Å²) in [5, 5.41) is 0. The maximum atomic E-state index is 2.26. The Bertz CT molecular complexity index is 1180. The minimum atomic E-state index is -1.39. The van der Waals surface area contributed by atoms with E-state index >= 15 is 0 Å². The molecule has 0 aliphatic carbocycles. The number of hydrogen-bond donors (Lipinski definition) is 0. The summed E-state index contributed by atoms with van der Waals surface area (Å²) in [6, 6.07) is 65.4. The van der Waals surface area contributed by atoms with Gasteiger partial charge in [0.05, 0.1) is 0 Å². The maximum absolute atomic E-state index is 2.26. The quantitative estimate of drug-likeness (QED) is 0.195. The van der Waals surface area contributed by atoms with Crippen molar-refractivity contribution in [1.29, 1.82) is 0 Å². The molecular weight excluding hydrogens is 742 g/mol. The second kappa shape index (κ2) is 17.3. The van der Waals surface area contributed by atoms with Crippen molar-refractivity contribution in [2.45, 2.75) is 0 Å². The van der Waals surface area contributed by atoms with Crippen LogP contribution in [0.25, 0.3) is 0 Å². The van der Waals surface area contributed by atoms with E-state index in [0.29, 0.717) is 0 Å². The van der Waals surface area contributed by atoms with Gasteiger partial charge < -0.3 is 0 Å². The molecule has 0 atom stereocenters. The zero-order valence-corrected chi connectivity index (χ0v) is 29.2. The Hall–Kier alpha value is -2.60. The molecule has 0 aliphatic heterocycles. The molecule has 6 aromatic rings. The van der Waals surface area contributed by atoms with Gasteiger partial charge in [-0.15, -0.1) is 34.0 Å². The fourth-order valence-corrected chi connectivity index (χ4v) is 14.0. The fourth-order valence-electron chi connectivity index (χ4n) is 4.36. The molecule has 6 aromatic carbocycles. The van der Waals surface area contributed by atoms with E-state index in [1.165, 1.54) is 26.1 Å². The Morgan fingerprint density at radius 1 is 0.200 bits per heavy atom. The number of hydrogen-bond acceptors (Lipinski definition) is 0. The number of rotatable bonds is 6. The molecule has 0 saturated carbocycles. The van der Waals surface area contributed by atoms with E-state index in [1.54, 1.807) is 0 Å². The van der Waals surface area contributed by atoms with E-state index in [-0.39, 0.29) is 34.0 Å². The fraction of sp³-hybridized carbons (Fsp3) is 0. The van der Waals surface area contributed by atoms with Gasteiger partial charge in [-0.25, -0.2) is 0 Å². The molecule has 0 unspecified atom stereocenters. The van der Waals surface area contributed by atoms with Crippen LogP contribution in [0.1, 0.15) is 0 Å². The summed E-state index contributed by atoms with van der Waals surface area (Å²) in [5.74, 6) is 0. The van der Waals surface area contributed by atoms with Crippen molar-refractivity contribution >= 4 is 89.4 Å². The van der Waals surface area contributed by atoms with Crippen molar-refractivity contribution in [1.82, 2.24) is 0 Å². The molecule has 0 bridgehead atoms.